The van der Waals surface area contributed by atoms with Crippen molar-refractivity contribution in [2.24, 2.45) is 0 Å². The number of hydrogen-bond acceptors (Lipinski definition) is 7. The van der Waals surface area contributed by atoms with Gasteiger partial charge in [-0.05, 0) is 23.8 Å². The molecule has 0 spiro atoms. The molecule has 2 aromatic carbocycles. The van der Waals surface area contributed by atoms with Crippen LogP contribution in [0.25, 0.3) is 0 Å². The zero-order chi connectivity index (χ0) is 25.9. The monoisotopic (exact) mass is 546 g/mol. The van der Waals surface area contributed by atoms with Crippen LogP contribution in [0.3, 0.4) is 0 Å². The maximum absolute atomic E-state index is 11.7. The first-order chi connectivity index (χ1) is 17.8. The maximum Gasteiger partial charge on any atom is 0.215 e. The quantitative estimate of drug-likeness (QED) is 0.429. The van der Waals surface area contributed by atoms with Crippen molar-refractivity contribution in [1.29, 1.82) is 0 Å². The number of imidazole rings is 1. The van der Waals surface area contributed by atoms with Crippen molar-refractivity contribution in [3.8, 4) is 0 Å². The van der Waals surface area contributed by atoms with Gasteiger partial charge in [-0.15, -0.1) is 0 Å². The molecular formula is C26H31ClN4O5S. The minimum Gasteiger partial charge on any atom is -0.369 e. The molecule has 11 heteroatoms. The lowest BCUT2D eigenvalue weighted by Crippen LogP contribution is -2.48. The highest BCUT2D eigenvalue weighted by Gasteiger charge is 2.41. The summed E-state index contributed by atoms with van der Waals surface area (Å²) in [6.07, 6.45) is 6.35. The van der Waals surface area contributed by atoms with Crippen molar-refractivity contribution in [3.63, 3.8) is 0 Å². The Balaban J connectivity index is 1.16. The molecule has 2 saturated heterocycles. The van der Waals surface area contributed by atoms with Crippen molar-refractivity contribution in [1.82, 2.24) is 13.9 Å². The van der Waals surface area contributed by atoms with Gasteiger partial charge in [-0.25, -0.2) is 13.4 Å². The van der Waals surface area contributed by atoms with Crippen LogP contribution in [-0.2, 0) is 43.2 Å². The van der Waals surface area contributed by atoms with Gasteiger partial charge in [0.25, 0.3) is 0 Å². The summed E-state index contributed by atoms with van der Waals surface area (Å²) in [5.41, 5.74) is 2.89. The van der Waals surface area contributed by atoms with Crippen molar-refractivity contribution in [3.05, 3.63) is 83.4 Å². The van der Waals surface area contributed by atoms with Crippen molar-refractivity contribution < 1.29 is 22.6 Å². The molecule has 1 aromatic heterocycles. The molecule has 9 nitrogen and oxygen atoms in total. The van der Waals surface area contributed by atoms with Gasteiger partial charge in [-0.3, -0.25) is 0 Å². The number of anilines is 1. The molecule has 3 aromatic rings. The highest BCUT2D eigenvalue weighted by molar-refractivity contribution is 7.88. The van der Waals surface area contributed by atoms with Gasteiger partial charge in [-0.2, -0.15) is 4.31 Å². The predicted octanol–water partition coefficient (Wildman–Crippen LogP) is 3.10. The standard InChI is InChI=1S/C26H31ClN4O5S/c1-37(32,33)31-14-12-30(13-15-31)22-8-6-21(7-9-22)16-34-23-17-35-26(36-18-23,19-29-11-10-28-20-29)24-4-2-3-5-25(24)27/h2-11,20,23H,12-19H2,1H3/t23-,26+. The average molecular weight is 547 g/mol. The highest BCUT2D eigenvalue weighted by atomic mass is 35.5. The normalized spacial score (nSPS) is 23.3. The number of piperazine rings is 1. The van der Waals surface area contributed by atoms with Crippen LogP contribution >= 0.6 is 11.6 Å². The van der Waals surface area contributed by atoms with Crippen LogP contribution in [0.2, 0.25) is 5.02 Å². The summed E-state index contributed by atoms with van der Waals surface area (Å²) >= 11 is 6.51. The summed E-state index contributed by atoms with van der Waals surface area (Å²) in [5, 5.41) is 0.583. The van der Waals surface area contributed by atoms with Crippen LogP contribution in [0.15, 0.2) is 67.3 Å². The Labute approximate surface area is 222 Å². The fraction of sp³-hybridized carbons (Fsp3) is 0.423. The molecule has 0 aliphatic carbocycles. The van der Waals surface area contributed by atoms with E-state index >= 15 is 0 Å². The fourth-order valence-corrected chi connectivity index (χ4v) is 5.77. The molecule has 0 radical (unpaired) electrons. The zero-order valence-electron chi connectivity index (χ0n) is 20.7. The summed E-state index contributed by atoms with van der Waals surface area (Å²) in [4.78, 5) is 6.32. The van der Waals surface area contributed by atoms with Gasteiger partial charge >= 0.3 is 0 Å². The molecule has 0 atom stereocenters. The van der Waals surface area contributed by atoms with Gasteiger partial charge in [0, 0.05) is 54.8 Å². The summed E-state index contributed by atoms with van der Waals surface area (Å²) < 4.78 is 45.6. The molecule has 0 amide bonds. The van der Waals surface area contributed by atoms with E-state index in [1.807, 2.05) is 47.2 Å². The van der Waals surface area contributed by atoms with Gasteiger partial charge in [0.05, 0.1) is 38.9 Å². The molecule has 2 aliphatic heterocycles. The lowest BCUT2D eigenvalue weighted by atomic mass is 10.0. The average Bonchev–Trinajstić information content (AvgIpc) is 3.41. The Kier molecular flexibility index (Phi) is 7.85. The number of sulfonamides is 1. The molecule has 3 heterocycles. The number of benzene rings is 2. The number of aromatic nitrogens is 2. The second kappa shape index (κ2) is 11.1. The molecule has 5 rings (SSSR count). The number of halogens is 1. The van der Waals surface area contributed by atoms with E-state index in [0.717, 1.165) is 16.8 Å². The number of hydrogen-bond donors (Lipinski definition) is 0. The Bertz CT molecular complexity index is 1270. The number of nitrogens with zero attached hydrogens (tertiary/aromatic N) is 4. The van der Waals surface area contributed by atoms with E-state index in [1.165, 1.54) is 10.6 Å². The first kappa shape index (κ1) is 26.1. The first-order valence-electron chi connectivity index (χ1n) is 12.2. The lowest BCUT2D eigenvalue weighted by Gasteiger charge is -2.40. The molecule has 0 saturated carbocycles. The fourth-order valence-electron chi connectivity index (χ4n) is 4.66. The Morgan fingerprint density at radius 1 is 1.05 bits per heavy atom. The van der Waals surface area contributed by atoms with E-state index in [-0.39, 0.29) is 6.10 Å². The lowest BCUT2D eigenvalue weighted by molar-refractivity contribution is -0.313. The molecule has 198 valence electrons. The summed E-state index contributed by atoms with van der Waals surface area (Å²) in [6, 6.07) is 15.7. The van der Waals surface area contributed by atoms with Crippen LogP contribution in [-0.4, -0.2) is 74.0 Å². The van der Waals surface area contributed by atoms with Crippen LogP contribution in [0.4, 0.5) is 5.69 Å². The van der Waals surface area contributed by atoms with Crippen molar-refractivity contribution in [2.75, 3.05) is 50.5 Å². The highest BCUT2D eigenvalue weighted by Crippen LogP contribution is 2.37. The molecule has 0 N–H and O–H groups in total. The summed E-state index contributed by atoms with van der Waals surface area (Å²) in [5.74, 6) is -1.03. The Hall–Kier alpha value is -2.47. The van der Waals surface area contributed by atoms with Gasteiger partial charge in [-0.1, -0.05) is 41.9 Å². The van der Waals surface area contributed by atoms with Gasteiger partial charge in [0.2, 0.25) is 15.8 Å². The molecule has 2 aliphatic rings. The van der Waals surface area contributed by atoms with E-state index in [4.69, 9.17) is 25.8 Å². The van der Waals surface area contributed by atoms with Crippen LogP contribution in [0.5, 0.6) is 0 Å². The maximum atomic E-state index is 11.7. The van der Waals surface area contributed by atoms with Crippen LogP contribution in [0.1, 0.15) is 11.1 Å². The third-order valence-electron chi connectivity index (χ3n) is 6.73. The Morgan fingerprint density at radius 3 is 2.38 bits per heavy atom. The smallest absolute Gasteiger partial charge is 0.215 e. The van der Waals surface area contributed by atoms with Gasteiger partial charge in [0.15, 0.2) is 0 Å². The van der Waals surface area contributed by atoms with E-state index in [9.17, 15) is 8.42 Å². The predicted molar refractivity (Wildman–Crippen MR) is 141 cm³/mol. The van der Waals surface area contributed by atoms with Crippen LogP contribution in [0, 0.1) is 0 Å². The Morgan fingerprint density at radius 2 is 1.76 bits per heavy atom. The molecule has 2 fully saturated rings. The van der Waals surface area contributed by atoms with Crippen molar-refractivity contribution >= 4 is 27.3 Å². The SMILES string of the molecule is CS(=O)(=O)N1CCN(c2ccc(CO[C@H]3CO[C@@](Cn4ccnc4)(c4ccccc4Cl)OC3)cc2)CC1. The minimum absolute atomic E-state index is 0.220. The molecular weight excluding hydrogens is 516 g/mol. The van der Waals surface area contributed by atoms with Crippen molar-refractivity contribution in [2.45, 2.75) is 25.0 Å². The molecule has 37 heavy (non-hydrogen) atoms. The van der Waals surface area contributed by atoms with Crippen LogP contribution < -0.4 is 4.90 Å². The van der Waals surface area contributed by atoms with E-state index in [1.54, 1.807) is 12.5 Å². The second-order valence-corrected chi connectivity index (χ2v) is 11.7. The number of ether oxygens (including phenoxy) is 3. The summed E-state index contributed by atoms with van der Waals surface area (Å²) in [6.45, 7) is 3.93. The van der Waals surface area contributed by atoms with Gasteiger partial charge in [0.1, 0.15) is 6.10 Å². The first-order valence-corrected chi connectivity index (χ1v) is 14.4. The van der Waals surface area contributed by atoms with Gasteiger partial charge < -0.3 is 23.7 Å². The van der Waals surface area contributed by atoms with E-state index in [0.29, 0.717) is 57.6 Å². The second-order valence-electron chi connectivity index (χ2n) is 9.34. The largest absolute Gasteiger partial charge is 0.369 e. The molecule has 0 unspecified atom stereocenters. The number of rotatable bonds is 8. The van der Waals surface area contributed by atoms with E-state index in [2.05, 4.69) is 22.0 Å². The third-order valence-corrected chi connectivity index (χ3v) is 8.37. The molecule has 0 bridgehead atoms. The zero-order valence-corrected chi connectivity index (χ0v) is 22.3. The minimum atomic E-state index is -3.14. The topological polar surface area (TPSA) is 86.1 Å². The van der Waals surface area contributed by atoms with E-state index < -0.39 is 15.8 Å². The summed E-state index contributed by atoms with van der Waals surface area (Å²) in [7, 11) is -3.14. The third kappa shape index (κ3) is 6.17.